The normalized spacial score (nSPS) is 21.2. The second-order valence-corrected chi connectivity index (χ2v) is 11.7. The van der Waals surface area contributed by atoms with Crippen LogP contribution in [0, 0.1) is 17.8 Å². The summed E-state index contributed by atoms with van der Waals surface area (Å²) >= 11 is 0. The van der Waals surface area contributed by atoms with E-state index in [1.807, 2.05) is 32.2 Å². The number of ether oxygens (including phenoxy) is 3. The zero-order valence-corrected chi connectivity index (χ0v) is 22.8. The number of likely N-dealkylation sites (N-methyl/N-ethyl adjacent to an activating group) is 1. The van der Waals surface area contributed by atoms with Crippen molar-refractivity contribution in [1.29, 1.82) is 0 Å². The predicted octanol–water partition coefficient (Wildman–Crippen LogP) is 3.47. The van der Waals surface area contributed by atoms with Gasteiger partial charge >= 0.3 is 0 Å². The molecule has 37 heavy (non-hydrogen) atoms. The molecule has 0 aliphatic carbocycles. The zero-order valence-electron chi connectivity index (χ0n) is 21.9. The first-order valence-corrected chi connectivity index (χ1v) is 14.2. The first-order valence-electron chi connectivity index (χ1n) is 12.7. The van der Waals surface area contributed by atoms with E-state index in [-0.39, 0.29) is 36.9 Å². The first-order chi connectivity index (χ1) is 17.7. The van der Waals surface area contributed by atoms with Gasteiger partial charge in [0.15, 0.2) is 11.5 Å². The summed E-state index contributed by atoms with van der Waals surface area (Å²) in [6, 6.07) is 10.4. The quantitative estimate of drug-likeness (QED) is 0.551. The van der Waals surface area contributed by atoms with Crippen molar-refractivity contribution < 1.29 is 27.7 Å². The fraction of sp³-hybridized carbons (Fsp3) is 0.500. The highest BCUT2D eigenvalue weighted by atomic mass is 32.2. The maximum absolute atomic E-state index is 13.6. The van der Waals surface area contributed by atoms with Crippen molar-refractivity contribution >= 4 is 10.0 Å². The number of unbranched alkanes of at least 4 members (excludes halogenated alkanes) is 1. The first kappa shape index (κ1) is 27.3. The molecule has 0 bridgehead atoms. The minimum atomic E-state index is -3.87. The van der Waals surface area contributed by atoms with Crippen molar-refractivity contribution in [3.8, 4) is 29.1 Å². The number of hydrogen-bond donors (Lipinski definition) is 1. The Hall–Kier alpha value is -2.77. The third-order valence-electron chi connectivity index (χ3n) is 6.66. The number of nitrogens with zero attached hydrogens (tertiary/aromatic N) is 2. The molecule has 0 fully saturated rings. The van der Waals surface area contributed by atoms with Crippen LogP contribution in [0.2, 0.25) is 0 Å². The average Bonchev–Trinajstić information content (AvgIpc) is 3.34. The molecule has 0 saturated heterocycles. The van der Waals surface area contributed by atoms with Gasteiger partial charge in [0.2, 0.25) is 16.8 Å². The second kappa shape index (κ2) is 11.7. The average molecular weight is 529 g/mol. The van der Waals surface area contributed by atoms with E-state index in [9.17, 15) is 13.5 Å². The zero-order chi connectivity index (χ0) is 26.6. The molecule has 0 amide bonds. The number of hydrogen-bond acceptors (Lipinski definition) is 7. The molecule has 2 aromatic rings. The lowest BCUT2D eigenvalue weighted by Crippen LogP contribution is -2.49. The van der Waals surface area contributed by atoms with Crippen LogP contribution in [0.3, 0.4) is 0 Å². The van der Waals surface area contributed by atoms with Gasteiger partial charge < -0.3 is 19.3 Å². The molecule has 2 heterocycles. The fourth-order valence-corrected chi connectivity index (χ4v) is 6.36. The number of benzene rings is 2. The van der Waals surface area contributed by atoms with Crippen LogP contribution in [0.15, 0.2) is 41.3 Å². The van der Waals surface area contributed by atoms with Gasteiger partial charge in [-0.05, 0) is 56.3 Å². The minimum Gasteiger partial charge on any atom is -0.487 e. The molecule has 9 heteroatoms. The molecule has 2 aliphatic rings. The minimum absolute atomic E-state index is 0.101. The SMILES string of the molecule is CCCC#Cc1ccc2c(c1)O[C@H](CN(C)Cc1ccc3c(c1)OCO3)[C@H](C)CN([C@H](C)CO)S2(=O)=O. The maximum atomic E-state index is 13.6. The highest BCUT2D eigenvalue weighted by Crippen LogP contribution is 2.35. The summed E-state index contributed by atoms with van der Waals surface area (Å²) in [6.45, 7) is 7.21. The van der Waals surface area contributed by atoms with E-state index in [1.54, 1.807) is 25.1 Å². The summed E-state index contributed by atoms with van der Waals surface area (Å²) in [5, 5.41) is 9.84. The van der Waals surface area contributed by atoms with Crippen molar-refractivity contribution in [1.82, 2.24) is 9.21 Å². The van der Waals surface area contributed by atoms with Crippen molar-refractivity contribution in [2.75, 3.05) is 33.5 Å². The van der Waals surface area contributed by atoms with Gasteiger partial charge in [0.1, 0.15) is 16.7 Å². The Morgan fingerprint density at radius 1 is 1.16 bits per heavy atom. The smallest absolute Gasteiger partial charge is 0.247 e. The van der Waals surface area contributed by atoms with E-state index in [1.165, 1.54) is 4.31 Å². The van der Waals surface area contributed by atoms with Crippen LogP contribution in [0.25, 0.3) is 0 Å². The number of aliphatic hydroxyl groups is 1. The molecular formula is C28H36N2O6S. The lowest BCUT2D eigenvalue weighted by Gasteiger charge is -2.37. The van der Waals surface area contributed by atoms with Gasteiger partial charge in [-0.25, -0.2) is 8.42 Å². The van der Waals surface area contributed by atoms with Crippen LogP contribution in [-0.4, -0.2) is 68.4 Å². The monoisotopic (exact) mass is 528 g/mol. The topological polar surface area (TPSA) is 88.5 Å². The van der Waals surface area contributed by atoms with Gasteiger partial charge in [0.05, 0.1) is 6.61 Å². The van der Waals surface area contributed by atoms with Crippen LogP contribution >= 0.6 is 0 Å². The Bertz CT molecular complexity index is 1270. The molecule has 8 nitrogen and oxygen atoms in total. The van der Waals surface area contributed by atoms with E-state index in [2.05, 4.69) is 23.7 Å². The lowest BCUT2D eigenvalue weighted by molar-refractivity contribution is 0.0733. The number of sulfonamides is 1. The van der Waals surface area contributed by atoms with Gasteiger partial charge in [0, 0.05) is 43.6 Å². The van der Waals surface area contributed by atoms with Gasteiger partial charge in [-0.1, -0.05) is 31.8 Å². The molecule has 0 radical (unpaired) electrons. The highest BCUT2D eigenvalue weighted by Gasteiger charge is 2.38. The van der Waals surface area contributed by atoms with Crippen LogP contribution in [-0.2, 0) is 16.6 Å². The van der Waals surface area contributed by atoms with Crippen LogP contribution in [0.5, 0.6) is 17.2 Å². The third kappa shape index (κ3) is 6.21. The Balaban J connectivity index is 1.63. The Morgan fingerprint density at radius 2 is 1.95 bits per heavy atom. The van der Waals surface area contributed by atoms with Crippen molar-refractivity contribution in [3.05, 3.63) is 47.5 Å². The molecule has 200 valence electrons. The largest absolute Gasteiger partial charge is 0.487 e. The summed E-state index contributed by atoms with van der Waals surface area (Å²) < 4.78 is 46.0. The van der Waals surface area contributed by atoms with E-state index in [0.717, 1.165) is 29.9 Å². The molecular weight excluding hydrogens is 492 g/mol. The summed E-state index contributed by atoms with van der Waals surface area (Å²) in [4.78, 5) is 2.25. The van der Waals surface area contributed by atoms with Crippen molar-refractivity contribution in [3.63, 3.8) is 0 Å². The van der Waals surface area contributed by atoms with E-state index >= 15 is 0 Å². The molecule has 1 N–H and O–H groups in total. The molecule has 0 unspecified atom stereocenters. The number of rotatable bonds is 7. The molecule has 0 saturated carbocycles. The van der Waals surface area contributed by atoms with Crippen molar-refractivity contribution in [2.45, 2.75) is 57.2 Å². The number of fused-ring (bicyclic) bond motifs is 2. The summed E-state index contributed by atoms with van der Waals surface area (Å²) in [5.74, 6) is 7.88. The number of aliphatic hydroxyl groups excluding tert-OH is 1. The summed E-state index contributed by atoms with van der Waals surface area (Å²) in [5.41, 5.74) is 1.79. The van der Waals surface area contributed by atoms with E-state index in [0.29, 0.717) is 24.4 Å². The Kier molecular flexibility index (Phi) is 8.65. The lowest BCUT2D eigenvalue weighted by atomic mass is 10.0. The van der Waals surface area contributed by atoms with E-state index < -0.39 is 16.1 Å². The van der Waals surface area contributed by atoms with Gasteiger partial charge in [-0.2, -0.15) is 4.31 Å². The molecule has 2 aromatic carbocycles. The van der Waals surface area contributed by atoms with E-state index in [4.69, 9.17) is 14.2 Å². The van der Waals surface area contributed by atoms with Crippen LogP contribution in [0.4, 0.5) is 0 Å². The van der Waals surface area contributed by atoms with Crippen LogP contribution in [0.1, 0.15) is 44.7 Å². The third-order valence-corrected chi connectivity index (χ3v) is 8.68. The van der Waals surface area contributed by atoms with Crippen molar-refractivity contribution in [2.24, 2.45) is 5.92 Å². The standard InChI is InChI=1S/C28H36N2O6S/c1-5-6-7-8-22-10-12-28-26(13-22)36-27(20(2)15-30(21(3)18-31)37(28,32)33)17-29(4)16-23-9-11-24-25(14-23)35-19-34-24/h9-14,20-21,27,31H,5-6,15-19H2,1-4H3/t20-,21-,27-/m1/s1. The maximum Gasteiger partial charge on any atom is 0.247 e. The van der Waals surface area contributed by atoms with Crippen LogP contribution < -0.4 is 14.2 Å². The second-order valence-electron chi connectivity index (χ2n) is 9.84. The predicted molar refractivity (Wildman–Crippen MR) is 141 cm³/mol. The fourth-order valence-electron chi connectivity index (χ4n) is 4.53. The molecule has 2 aliphatic heterocycles. The van der Waals surface area contributed by atoms with Gasteiger partial charge in [0.25, 0.3) is 0 Å². The highest BCUT2D eigenvalue weighted by molar-refractivity contribution is 7.89. The molecule has 0 aromatic heterocycles. The van der Waals surface area contributed by atoms with Gasteiger partial charge in [-0.3, -0.25) is 4.90 Å². The summed E-state index contributed by atoms with van der Waals surface area (Å²) in [7, 11) is -1.86. The molecule has 3 atom stereocenters. The molecule has 0 spiro atoms. The molecule has 4 rings (SSSR count). The Morgan fingerprint density at radius 3 is 2.70 bits per heavy atom. The van der Waals surface area contributed by atoms with Gasteiger partial charge in [-0.15, -0.1) is 0 Å². The Labute approximate surface area is 220 Å². The summed E-state index contributed by atoms with van der Waals surface area (Å²) in [6.07, 6.45) is 1.43.